The number of hydrogen-bond acceptors (Lipinski definition) is 3. The van der Waals surface area contributed by atoms with E-state index in [0.29, 0.717) is 13.1 Å². The molecule has 92 valence electrons. The third kappa shape index (κ3) is 11.6. The third-order valence-corrected chi connectivity index (χ3v) is 1.86. The third-order valence-electron chi connectivity index (χ3n) is 1.86. The fraction of sp³-hybridized carbons (Fsp3) is 1.00. The summed E-state index contributed by atoms with van der Waals surface area (Å²) >= 11 is 0. The van der Waals surface area contributed by atoms with Crippen LogP contribution in [0.5, 0.6) is 0 Å². The average Bonchev–Trinajstić information content (AvgIpc) is 1.99. The van der Waals surface area contributed by atoms with E-state index >= 15 is 0 Å². The summed E-state index contributed by atoms with van der Waals surface area (Å²) in [7, 11) is 5.38. The molecule has 0 rings (SSSR count). The normalized spacial score (nSPS) is 12.8. The fourth-order valence-electron chi connectivity index (χ4n) is 1.08. The van der Waals surface area contributed by atoms with E-state index in [4.69, 9.17) is 0 Å². The fourth-order valence-corrected chi connectivity index (χ4v) is 1.08. The van der Waals surface area contributed by atoms with E-state index in [9.17, 15) is 13.2 Å². The summed E-state index contributed by atoms with van der Waals surface area (Å²) in [6.07, 6.45) is -4.10. The van der Waals surface area contributed by atoms with Gasteiger partial charge in [-0.1, -0.05) is 0 Å². The number of halogens is 3. The molecule has 0 radical (unpaired) electrons. The van der Waals surface area contributed by atoms with E-state index in [1.165, 1.54) is 11.9 Å². The Kier molecular flexibility index (Phi) is 6.87. The molecular weight excluding hydrogens is 207 g/mol. The minimum atomic E-state index is -4.10. The minimum Gasteiger partial charge on any atom is -0.314 e. The van der Waals surface area contributed by atoms with Crippen LogP contribution >= 0.6 is 0 Å². The molecule has 0 aromatic carbocycles. The molecule has 0 bridgehead atoms. The molecule has 15 heavy (non-hydrogen) atoms. The number of likely N-dealkylation sites (N-methyl/N-ethyl adjacent to an activating group) is 2. The Balaban J connectivity index is 3.36. The molecule has 6 heteroatoms. The van der Waals surface area contributed by atoms with E-state index in [1.54, 1.807) is 0 Å². The molecule has 0 aliphatic heterocycles. The number of nitrogens with one attached hydrogen (secondary N) is 1. The molecule has 0 spiro atoms. The first kappa shape index (κ1) is 14.7. The van der Waals surface area contributed by atoms with Crippen LogP contribution in [0.25, 0.3) is 0 Å². The maximum absolute atomic E-state index is 11.9. The number of nitrogens with zero attached hydrogens (tertiary/aromatic N) is 2. The highest BCUT2D eigenvalue weighted by Crippen LogP contribution is 2.14. The van der Waals surface area contributed by atoms with Crippen molar-refractivity contribution in [3.8, 4) is 0 Å². The average molecular weight is 227 g/mol. The lowest BCUT2D eigenvalue weighted by Crippen LogP contribution is -2.37. The second-order valence-electron chi connectivity index (χ2n) is 3.91. The molecule has 0 unspecified atom stereocenters. The van der Waals surface area contributed by atoms with Crippen molar-refractivity contribution in [3.05, 3.63) is 0 Å². The molecule has 0 aromatic rings. The van der Waals surface area contributed by atoms with Gasteiger partial charge in [0.15, 0.2) is 0 Å². The first-order valence-electron chi connectivity index (χ1n) is 4.92. The predicted molar refractivity (Wildman–Crippen MR) is 55.0 cm³/mol. The van der Waals surface area contributed by atoms with E-state index in [0.717, 1.165) is 13.1 Å². The SMILES string of the molecule is CN(C)CCNCCN(C)CC(F)(F)F. The summed E-state index contributed by atoms with van der Waals surface area (Å²) in [5, 5.41) is 3.08. The molecular formula is C9H20F3N3. The first-order chi connectivity index (χ1) is 6.81. The van der Waals surface area contributed by atoms with Gasteiger partial charge >= 0.3 is 6.18 Å². The van der Waals surface area contributed by atoms with Gasteiger partial charge in [0.1, 0.15) is 0 Å². The van der Waals surface area contributed by atoms with Gasteiger partial charge in [-0.15, -0.1) is 0 Å². The predicted octanol–water partition coefficient (Wildman–Crippen LogP) is 0.632. The zero-order chi connectivity index (χ0) is 11.9. The lowest BCUT2D eigenvalue weighted by molar-refractivity contribution is -0.142. The van der Waals surface area contributed by atoms with Crippen molar-refractivity contribution in [2.24, 2.45) is 0 Å². The second-order valence-corrected chi connectivity index (χ2v) is 3.91. The van der Waals surface area contributed by atoms with Crippen molar-refractivity contribution < 1.29 is 13.2 Å². The summed E-state index contributed by atoms with van der Waals surface area (Å²) in [5.74, 6) is 0. The Labute approximate surface area is 89.2 Å². The Hall–Kier alpha value is -0.330. The Morgan fingerprint density at radius 3 is 2.00 bits per heavy atom. The summed E-state index contributed by atoms with van der Waals surface area (Å²) in [4.78, 5) is 3.29. The molecule has 0 saturated carbocycles. The molecule has 0 aromatic heterocycles. The van der Waals surface area contributed by atoms with Gasteiger partial charge < -0.3 is 10.2 Å². The lowest BCUT2D eigenvalue weighted by atomic mass is 10.4. The maximum atomic E-state index is 11.9. The molecule has 0 aliphatic rings. The highest BCUT2D eigenvalue weighted by atomic mass is 19.4. The topological polar surface area (TPSA) is 18.5 Å². The smallest absolute Gasteiger partial charge is 0.314 e. The zero-order valence-corrected chi connectivity index (χ0v) is 9.56. The van der Waals surface area contributed by atoms with E-state index < -0.39 is 12.7 Å². The van der Waals surface area contributed by atoms with Crippen LogP contribution < -0.4 is 5.32 Å². The highest BCUT2D eigenvalue weighted by Gasteiger charge is 2.28. The van der Waals surface area contributed by atoms with Gasteiger partial charge in [-0.3, -0.25) is 4.90 Å². The van der Waals surface area contributed by atoms with Gasteiger partial charge in [0, 0.05) is 26.2 Å². The standard InChI is InChI=1S/C9H20F3N3/c1-14(2)6-4-13-5-7-15(3)8-9(10,11)12/h13H,4-8H2,1-3H3. The van der Waals surface area contributed by atoms with Crippen molar-refractivity contribution in [1.82, 2.24) is 15.1 Å². The van der Waals surface area contributed by atoms with Crippen molar-refractivity contribution in [2.75, 3.05) is 53.9 Å². The van der Waals surface area contributed by atoms with Gasteiger partial charge in [0.2, 0.25) is 0 Å². The van der Waals surface area contributed by atoms with Crippen LogP contribution in [-0.4, -0.2) is 69.8 Å². The molecule has 0 heterocycles. The molecule has 0 amide bonds. The second kappa shape index (κ2) is 7.03. The van der Waals surface area contributed by atoms with Crippen LogP contribution in [0.4, 0.5) is 13.2 Å². The molecule has 3 nitrogen and oxygen atoms in total. The van der Waals surface area contributed by atoms with Crippen molar-refractivity contribution >= 4 is 0 Å². The van der Waals surface area contributed by atoms with Gasteiger partial charge in [0.25, 0.3) is 0 Å². The van der Waals surface area contributed by atoms with Crippen molar-refractivity contribution in [2.45, 2.75) is 6.18 Å². The Morgan fingerprint density at radius 2 is 1.53 bits per heavy atom. The number of rotatable bonds is 7. The number of alkyl halides is 3. The van der Waals surface area contributed by atoms with Crippen molar-refractivity contribution in [1.29, 1.82) is 0 Å². The van der Waals surface area contributed by atoms with Crippen LogP contribution in [0, 0.1) is 0 Å². The first-order valence-corrected chi connectivity index (χ1v) is 4.92. The van der Waals surface area contributed by atoms with Crippen LogP contribution in [0.1, 0.15) is 0 Å². The minimum absolute atomic E-state index is 0.410. The summed E-state index contributed by atoms with van der Waals surface area (Å²) in [5.41, 5.74) is 0. The largest absolute Gasteiger partial charge is 0.401 e. The zero-order valence-electron chi connectivity index (χ0n) is 9.56. The molecule has 0 fully saturated rings. The van der Waals surface area contributed by atoms with E-state index in [-0.39, 0.29) is 0 Å². The monoisotopic (exact) mass is 227 g/mol. The van der Waals surface area contributed by atoms with Gasteiger partial charge in [-0.2, -0.15) is 13.2 Å². The highest BCUT2D eigenvalue weighted by molar-refractivity contribution is 4.60. The summed E-state index contributed by atoms with van der Waals surface area (Å²) < 4.78 is 35.8. The van der Waals surface area contributed by atoms with Gasteiger partial charge in [-0.25, -0.2) is 0 Å². The lowest BCUT2D eigenvalue weighted by Gasteiger charge is -2.18. The van der Waals surface area contributed by atoms with Gasteiger partial charge in [0.05, 0.1) is 6.54 Å². The maximum Gasteiger partial charge on any atom is 0.401 e. The Bertz CT molecular complexity index is 159. The summed E-state index contributed by atoms with van der Waals surface area (Å²) in [6, 6.07) is 0. The molecule has 1 N–H and O–H groups in total. The van der Waals surface area contributed by atoms with Gasteiger partial charge in [-0.05, 0) is 21.1 Å². The van der Waals surface area contributed by atoms with E-state index in [1.807, 2.05) is 19.0 Å². The van der Waals surface area contributed by atoms with Crippen LogP contribution in [0.15, 0.2) is 0 Å². The Morgan fingerprint density at radius 1 is 1.00 bits per heavy atom. The quantitative estimate of drug-likeness (QED) is 0.644. The van der Waals surface area contributed by atoms with Crippen LogP contribution in [0.2, 0.25) is 0 Å². The van der Waals surface area contributed by atoms with E-state index in [2.05, 4.69) is 5.32 Å². The number of hydrogen-bond donors (Lipinski definition) is 1. The molecule has 0 atom stereocenters. The molecule has 0 aliphatic carbocycles. The van der Waals surface area contributed by atoms with Crippen molar-refractivity contribution in [3.63, 3.8) is 0 Å². The summed E-state index contributed by atoms with van der Waals surface area (Å²) in [6.45, 7) is 1.84. The van der Waals surface area contributed by atoms with Crippen LogP contribution in [0.3, 0.4) is 0 Å². The molecule has 0 saturated heterocycles. The van der Waals surface area contributed by atoms with Crippen LogP contribution in [-0.2, 0) is 0 Å².